The van der Waals surface area contributed by atoms with Crippen LogP contribution in [0.5, 0.6) is 5.75 Å². The van der Waals surface area contributed by atoms with Crippen molar-refractivity contribution in [1.29, 1.82) is 0 Å². The van der Waals surface area contributed by atoms with Gasteiger partial charge in [-0.25, -0.2) is 12.8 Å². The summed E-state index contributed by atoms with van der Waals surface area (Å²) in [5.74, 6) is -1.11. The lowest BCUT2D eigenvalue weighted by Crippen LogP contribution is -2.41. The molecule has 9 heteroatoms. The minimum atomic E-state index is -4.08. The Morgan fingerprint density at radius 2 is 2.04 bits per heavy atom. The van der Waals surface area contributed by atoms with Crippen LogP contribution in [0, 0.1) is 5.82 Å². The van der Waals surface area contributed by atoms with Gasteiger partial charge in [0.1, 0.15) is 16.5 Å². The van der Waals surface area contributed by atoms with Crippen molar-refractivity contribution in [2.75, 3.05) is 33.4 Å². The maximum absolute atomic E-state index is 13.5. The van der Waals surface area contributed by atoms with Gasteiger partial charge >= 0.3 is 0 Å². The molecule has 1 amide bonds. The van der Waals surface area contributed by atoms with Crippen molar-refractivity contribution in [1.82, 2.24) is 9.62 Å². The van der Waals surface area contributed by atoms with Crippen LogP contribution >= 0.6 is 0 Å². The van der Waals surface area contributed by atoms with E-state index in [2.05, 4.69) is 5.32 Å². The number of likely N-dealkylation sites (N-methyl/N-ethyl adjacent to an activating group) is 1. The van der Waals surface area contributed by atoms with E-state index in [9.17, 15) is 17.6 Å². The van der Waals surface area contributed by atoms with E-state index in [4.69, 9.17) is 9.47 Å². The van der Waals surface area contributed by atoms with Crippen LogP contribution in [0.1, 0.15) is 27.2 Å². The summed E-state index contributed by atoms with van der Waals surface area (Å²) in [4.78, 5) is 11.7. The molecule has 26 heavy (non-hydrogen) atoms. The zero-order chi connectivity index (χ0) is 19.7. The van der Waals surface area contributed by atoms with E-state index in [0.717, 1.165) is 16.4 Å². The molecular formula is C17H27FN2O5S. The number of nitrogens with one attached hydrogen (secondary N) is 1. The maximum atomic E-state index is 13.5. The van der Waals surface area contributed by atoms with Crippen LogP contribution in [-0.4, -0.2) is 58.1 Å². The molecule has 0 heterocycles. The average molecular weight is 390 g/mol. The highest BCUT2D eigenvalue weighted by Crippen LogP contribution is 2.27. The molecule has 1 aromatic carbocycles. The summed E-state index contributed by atoms with van der Waals surface area (Å²) in [7, 11) is -2.78. The number of rotatable bonds is 11. The lowest BCUT2D eigenvalue weighted by Gasteiger charge is -2.21. The Kier molecular flexibility index (Phi) is 8.97. The third-order valence-electron chi connectivity index (χ3n) is 3.51. The van der Waals surface area contributed by atoms with Gasteiger partial charge in [0.05, 0.1) is 19.8 Å². The van der Waals surface area contributed by atoms with Crippen molar-refractivity contribution < 1.29 is 27.1 Å². The summed E-state index contributed by atoms with van der Waals surface area (Å²) in [6.45, 7) is 6.04. The summed E-state index contributed by atoms with van der Waals surface area (Å²) >= 11 is 0. The molecule has 0 spiro atoms. The second-order valence-corrected chi connectivity index (χ2v) is 7.76. The zero-order valence-corrected chi connectivity index (χ0v) is 16.4. The van der Waals surface area contributed by atoms with Crippen LogP contribution < -0.4 is 10.1 Å². The minimum absolute atomic E-state index is 0.0242. The van der Waals surface area contributed by atoms with Gasteiger partial charge in [-0.1, -0.05) is 6.92 Å². The van der Waals surface area contributed by atoms with Crippen LogP contribution in [0.3, 0.4) is 0 Å². The molecule has 0 saturated carbocycles. The molecule has 1 rings (SSSR count). The molecule has 0 aliphatic heterocycles. The molecule has 7 nitrogen and oxygen atoms in total. The Hall–Kier alpha value is -1.71. The Bertz CT molecular complexity index is 694. The van der Waals surface area contributed by atoms with Gasteiger partial charge in [0.15, 0.2) is 0 Å². The van der Waals surface area contributed by atoms with Gasteiger partial charge in [-0.3, -0.25) is 4.79 Å². The number of sulfonamides is 1. The smallest absolute Gasteiger partial charge is 0.247 e. The fraction of sp³-hybridized carbons (Fsp3) is 0.588. The highest BCUT2D eigenvalue weighted by Gasteiger charge is 2.28. The molecule has 148 valence electrons. The van der Waals surface area contributed by atoms with Crippen molar-refractivity contribution in [2.24, 2.45) is 0 Å². The van der Waals surface area contributed by atoms with Crippen molar-refractivity contribution in [3.63, 3.8) is 0 Å². The number of carbonyl (C=O) groups is 1. The summed E-state index contributed by atoms with van der Waals surface area (Å²) in [5.41, 5.74) is 0. The van der Waals surface area contributed by atoms with Gasteiger partial charge in [0.2, 0.25) is 15.9 Å². The summed E-state index contributed by atoms with van der Waals surface area (Å²) in [6.07, 6.45) is 0.744. The van der Waals surface area contributed by atoms with Crippen molar-refractivity contribution in [3.8, 4) is 5.75 Å². The van der Waals surface area contributed by atoms with E-state index < -0.39 is 21.7 Å². The Labute approximate surface area is 154 Å². The van der Waals surface area contributed by atoms with Gasteiger partial charge in [0, 0.05) is 19.7 Å². The maximum Gasteiger partial charge on any atom is 0.247 e. The summed E-state index contributed by atoms with van der Waals surface area (Å²) in [5, 5.41) is 2.65. The first-order valence-corrected chi connectivity index (χ1v) is 9.88. The van der Waals surface area contributed by atoms with Crippen molar-refractivity contribution in [2.45, 2.75) is 38.2 Å². The van der Waals surface area contributed by atoms with E-state index in [1.54, 1.807) is 6.92 Å². The fourth-order valence-corrected chi connectivity index (χ4v) is 3.77. The quantitative estimate of drug-likeness (QED) is 0.582. The second-order valence-electron chi connectivity index (χ2n) is 5.85. The number of carbonyl (C=O) groups excluding carboxylic acids is 1. The van der Waals surface area contributed by atoms with E-state index in [1.807, 2.05) is 13.8 Å². The highest BCUT2D eigenvalue weighted by atomic mass is 32.2. The third-order valence-corrected chi connectivity index (χ3v) is 5.45. The molecule has 1 N–H and O–H groups in total. The zero-order valence-electron chi connectivity index (χ0n) is 15.6. The molecule has 0 bridgehead atoms. The molecule has 0 radical (unpaired) electrons. The fourth-order valence-electron chi connectivity index (χ4n) is 2.19. The van der Waals surface area contributed by atoms with Gasteiger partial charge in [-0.05, 0) is 38.5 Å². The molecular weight excluding hydrogens is 363 g/mol. The molecule has 0 aliphatic carbocycles. The molecule has 0 aliphatic rings. The number of halogens is 1. The van der Waals surface area contributed by atoms with Crippen LogP contribution in [-0.2, 0) is 19.6 Å². The molecule has 0 atom stereocenters. The predicted octanol–water partition coefficient (Wildman–Crippen LogP) is 1.78. The number of benzene rings is 1. The topological polar surface area (TPSA) is 84.9 Å². The monoisotopic (exact) mass is 390 g/mol. The summed E-state index contributed by atoms with van der Waals surface area (Å²) < 4.78 is 50.4. The highest BCUT2D eigenvalue weighted by molar-refractivity contribution is 7.89. The normalized spacial score (nSPS) is 11.8. The first-order valence-electron chi connectivity index (χ1n) is 8.44. The molecule has 1 aromatic rings. The van der Waals surface area contributed by atoms with E-state index >= 15 is 0 Å². The molecule has 0 saturated heterocycles. The molecule has 0 fully saturated rings. The Balaban J connectivity index is 2.75. The minimum Gasteiger partial charge on any atom is -0.495 e. The third kappa shape index (κ3) is 6.54. The standard InChI is InChI=1S/C17H27FN2O5S/c1-5-20(12-17(21)19-9-6-10-25-13(2)3)26(22,23)16-11-14(18)7-8-15(16)24-4/h7-8,11,13H,5-6,9-10,12H2,1-4H3,(H,19,21). The van der Waals surface area contributed by atoms with Gasteiger partial charge in [-0.2, -0.15) is 4.31 Å². The SMILES string of the molecule is CCN(CC(=O)NCCCOC(C)C)S(=O)(=O)c1cc(F)ccc1OC. The van der Waals surface area contributed by atoms with E-state index in [-0.39, 0.29) is 29.8 Å². The first-order chi connectivity index (χ1) is 12.2. The number of hydrogen-bond acceptors (Lipinski definition) is 5. The van der Waals surface area contributed by atoms with Crippen LogP contribution in [0.25, 0.3) is 0 Å². The largest absolute Gasteiger partial charge is 0.495 e. The van der Waals surface area contributed by atoms with Gasteiger partial charge in [-0.15, -0.1) is 0 Å². The number of nitrogens with zero attached hydrogens (tertiary/aromatic N) is 1. The second kappa shape index (κ2) is 10.4. The number of methoxy groups -OCH3 is 1. The molecule has 0 unspecified atom stereocenters. The van der Waals surface area contributed by atoms with Gasteiger partial charge in [0.25, 0.3) is 0 Å². The lowest BCUT2D eigenvalue weighted by atomic mass is 10.3. The Morgan fingerprint density at radius 3 is 2.62 bits per heavy atom. The number of hydrogen-bond donors (Lipinski definition) is 1. The predicted molar refractivity (Wildman–Crippen MR) is 96.1 cm³/mol. The number of amides is 1. The number of ether oxygens (including phenoxy) is 2. The van der Waals surface area contributed by atoms with Crippen LogP contribution in [0.4, 0.5) is 4.39 Å². The Morgan fingerprint density at radius 1 is 1.35 bits per heavy atom. The van der Waals surface area contributed by atoms with E-state index in [0.29, 0.717) is 19.6 Å². The van der Waals surface area contributed by atoms with Crippen molar-refractivity contribution in [3.05, 3.63) is 24.0 Å². The van der Waals surface area contributed by atoms with E-state index in [1.165, 1.54) is 13.2 Å². The lowest BCUT2D eigenvalue weighted by molar-refractivity contribution is -0.121. The summed E-state index contributed by atoms with van der Waals surface area (Å²) in [6, 6.07) is 3.24. The first kappa shape index (κ1) is 22.3. The van der Waals surface area contributed by atoms with Gasteiger partial charge < -0.3 is 14.8 Å². The van der Waals surface area contributed by atoms with Crippen molar-refractivity contribution >= 4 is 15.9 Å². The average Bonchev–Trinajstić information content (AvgIpc) is 2.58. The van der Waals surface area contributed by atoms with Crippen LogP contribution in [0.2, 0.25) is 0 Å². The molecule has 0 aromatic heterocycles. The van der Waals surface area contributed by atoms with Crippen LogP contribution in [0.15, 0.2) is 23.1 Å².